The van der Waals surface area contributed by atoms with Crippen LogP contribution in [0.5, 0.6) is 0 Å². The molecule has 1 heterocycles. The van der Waals surface area contributed by atoms with Gasteiger partial charge in [0.1, 0.15) is 0 Å². The smallest absolute Gasteiger partial charge is 0.0623 e. The van der Waals surface area contributed by atoms with Crippen molar-refractivity contribution in [2.45, 2.75) is 64.0 Å². The lowest BCUT2D eigenvalue weighted by Crippen LogP contribution is -2.24. The highest BCUT2D eigenvalue weighted by molar-refractivity contribution is 7.12. The van der Waals surface area contributed by atoms with Crippen LogP contribution in [0.25, 0.3) is 0 Å². The van der Waals surface area contributed by atoms with E-state index in [1.165, 1.54) is 30.6 Å². The van der Waals surface area contributed by atoms with Crippen molar-refractivity contribution in [3.05, 3.63) is 21.4 Å². The fraction of sp³-hybridized carbons (Fsp3) is 0.733. The van der Waals surface area contributed by atoms with Gasteiger partial charge in [-0.15, -0.1) is 11.3 Å². The van der Waals surface area contributed by atoms with Crippen molar-refractivity contribution < 1.29 is 4.74 Å². The molecule has 1 aromatic rings. The van der Waals surface area contributed by atoms with E-state index in [0.29, 0.717) is 0 Å². The first-order valence-electron chi connectivity index (χ1n) is 6.94. The molecular weight excluding hydrogens is 242 g/mol. The van der Waals surface area contributed by atoms with Crippen molar-refractivity contribution in [1.29, 1.82) is 0 Å². The van der Waals surface area contributed by atoms with Crippen molar-refractivity contribution >= 4 is 11.3 Å². The van der Waals surface area contributed by atoms with Gasteiger partial charge in [-0.3, -0.25) is 0 Å². The van der Waals surface area contributed by atoms with Crippen molar-refractivity contribution in [1.82, 2.24) is 0 Å². The normalized spacial score (nSPS) is 17.6. The number of thiophene rings is 1. The predicted molar refractivity (Wildman–Crippen MR) is 78.2 cm³/mol. The second-order valence-electron chi connectivity index (χ2n) is 5.91. The molecule has 2 nitrogen and oxygen atoms in total. The summed E-state index contributed by atoms with van der Waals surface area (Å²) in [6, 6.07) is 2.53. The van der Waals surface area contributed by atoms with E-state index in [-0.39, 0.29) is 11.6 Å². The zero-order valence-corrected chi connectivity index (χ0v) is 12.6. The number of hydrogen-bond acceptors (Lipinski definition) is 3. The average molecular weight is 267 g/mol. The molecule has 0 fully saturated rings. The Morgan fingerprint density at radius 2 is 2.11 bits per heavy atom. The second kappa shape index (κ2) is 5.72. The minimum Gasteiger partial charge on any atom is -0.379 e. The first kappa shape index (κ1) is 14.0. The number of aryl methyl sites for hydroxylation is 2. The highest BCUT2D eigenvalue weighted by atomic mass is 32.1. The Labute approximate surface area is 115 Å². The van der Waals surface area contributed by atoms with Gasteiger partial charge >= 0.3 is 0 Å². The van der Waals surface area contributed by atoms with Crippen molar-refractivity contribution in [2.24, 2.45) is 5.73 Å². The Kier molecular flexibility index (Phi) is 4.46. The molecule has 1 aliphatic carbocycles. The molecule has 1 aromatic heterocycles. The molecule has 0 aromatic carbocycles. The molecule has 2 rings (SSSR count). The van der Waals surface area contributed by atoms with Gasteiger partial charge in [0.15, 0.2) is 0 Å². The molecule has 0 spiro atoms. The van der Waals surface area contributed by atoms with Gasteiger partial charge in [-0.1, -0.05) is 0 Å². The summed E-state index contributed by atoms with van der Waals surface area (Å²) in [6.45, 7) is 4.25. The summed E-state index contributed by atoms with van der Waals surface area (Å²) in [5.41, 5.74) is 7.82. The summed E-state index contributed by atoms with van der Waals surface area (Å²) in [5, 5.41) is 0. The summed E-state index contributed by atoms with van der Waals surface area (Å²) >= 11 is 1.94. The van der Waals surface area contributed by atoms with Crippen LogP contribution < -0.4 is 5.73 Å². The first-order valence-corrected chi connectivity index (χ1v) is 7.76. The molecule has 1 aliphatic rings. The third-order valence-corrected chi connectivity index (χ3v) is 5.36. The molecular formula is C15H25NOS. The number of methoxy groups -OCH3 is 1. The Balaban J connectivity index is 1.96. The van der Waals surface area contributed by atoms with Gasteiger partial charge in [-0.25, -0.2) is 0 Å². The predicted octanol–water partition coefficient (Wildman–Crippen LogP) is 3.83. The monoisotopic (exact) mass is 267 g/mol. The van der Waals surface area contributed by atoms with E-state index in [1.807, 2.05) is 11.3 Å². The van der Waals surface area contributed by atoms with E-state index >= 15 is 0 Å². The van der Waals surface area contributed by atoms with Crippen molar-refractivity contribution in [2.75, 3.05) is 7.11 Å². The lowest BCUT2D eigenvalue weighted by Gasteiger charge is -2.24. The Morgan fingerprint density at radius 3 is 2.78 bits per heavy atom. The van der Waals surface area contributed by atoms with Gasteiger partial charge in [0.2, 0.25) is 0 Å². The largest absolute Gasteiger partial charge is 0.379 e. The standard InChI is InChI=1S/C15H25NOS/c1-15(2,17-3)9-8-12(16)14-10-11-6-4-5-7-13(11)18-14/h10,12H,4-9,16H2,1-3H3. The number of nitrogens with two attached hydrogens (primary N) is 1. The molecule has 18 heavy (non-hydrogen) atoms. The first-order chi connectivity index (χ1) is 8.52. The van der Waals surface area contributed by atoms with Crippen LogP contribution in [0, 0.1) is 0 Å². The molecule has 0 bridgehead atoms. The average Bonchev–Trinajstić information content (AvgIpc) is 2.80. The van der Waals surface area contributed by atoms with E-state index in [2.05, 4.69) is 19.9 Å². The van der Waals surface area contributed by atoms with Crippen LogP contribution in [0.3, 0.4) is 0 Å². The second-order valence-corrected chi connectivity index (χ2v) is 7.08. The fourth-order valence-electron chi connectivity index (χ4n) is 2.44. The van der Waals surface area contributed by atoms with E-state index in [0.717, 1.165) is 12.8 Å². The Hall–Kier alpha value is -0.380. The number of rotatable bonds is 5. The van der Waals surface area contributed by atoms with Crippen LogP contribution in [-0.4, -0.2) is 12.7 Å². The molecule has 0 saturated carbocycles. The highest BCUT2D eigenvalue weighted by Gasteiger charge is 2.21. The molecule has 0 saturated heterocycles. The van der Waals surface area contributed by atoms with E-state index in [9.17, 15) is 0 Å². The van der Waals surface area contributed by atoms with Crippen molar-refractivity contribution in [3.63, 3.8) is 0 Å². The summed E-state index contributed by atoms with van der Waals surface area (Å²) in [5.74, 6) is 0. The number of fused-ring (bicyclic) bond motifs is 1. The van der Waals surface area contributed by atoms with Crippen LogP contribution in [0.2, 0.25) is 0 Å². The zero-order valence-electron chi connectivity index (χ0n) is 11.8. The van der Waals surface area contributed by atoms with Gasteiger partial charge in [-0.2, -0.15) is 0 Å². The van der Waals surface area contributed by atoms with Crippen LogP contribution in [0.4, 0.5) is 0 Å². The van der Waals surface area contributed by atoms with Gasteiger partial charge in [0, 0.05) is 22.9 Å². The van der Waals surface area contributed by atoms with Crippen LogP contribution in [-0.2, 0) is 17.6 Å². The van der Waals surface area contributed by atoms with E-state index in [1.54, 1.807) is 17.6 Å². The van der Waals surface area contributed by atoms with E-state index < -0.39 is 0 Å². The van der Waals surface area contributed by atoms with E-state index in [4.69, 9.17) is 10.5 Å². The molecule has 102 valence electrons. The molecule has 0 amide bonds. The summed E-state index contributed by atoms with van der Waals surface area (Å²) in [7, 11) is 1.77. The zero-order chi connectivity index (χ0) is 13.2. The van der Waals surface area contributed by atoms with Crippen molar-refractivity contribution in [3.8, 4) is 0 Å². The highest BCUT2D eigenvalue weighted by Crippen LogP contribution is 2.34. The Morgan fingerprint density at radius 1 is 1.39 bits per heavy atom. The molecule has 3 heteroatoms. The lowest BCUT2D eigenvalue weighted by atomic mass is 9.96. The topological polar surface area (TPSA) is 35.2 Å². The van der Waals surface area contributed by atoms with Gasteiger partial charge in [0.05, 0.1) is 5.60 Å². The third-order valence-electron chi connectivity index (χ3n) is 3.99. The fourth-order valence-corrected chi connectivity index (χ4v) is 3.74. The lowest BCUT2D eigenvalue weighted by molar-refractivity contribution is 0.0125. The SMILES string of the molecule is COC(C)(C)CCC(N)c1cc2c(s1)CCCC2. The van der Waals surface area contributed by atoms with Crippen LogP contribution >= 0.6 is 11.3 Å². The maximum absolute atomic E-state index is 6.32. The number of hydrogen-bond donors (Lipinski definition) is 1. The Bertz CT molecular complexity index is 374. The van der Waals surface area contributed by atoms with Gasteiger partial charge < -0.3 is 10.5 Å². The van der Waals surface area contributed by atoms with Gasteiger partial charge in [-0.05, 0) is 64.0 Å². The summed E-state index contributed by atoms with van der Waals surface area (Å²) in [6.07, 6.45) is 7.21. The summed E-state index contributed by atoms with van der Waals surface area (Å²) in [4.78, 5) is 2.95. The minimum absolute atomic E-state index is 0.0610. The molecule has 0 aliphatic heterocycles. The van der Waals surface area contributed by atoms with Gasteiger partial charge in [0.25, 0.3) is 0 Å². The maximum Gasteiger partial charge on any atom is 0.0623 e. The van der Waals surface area contributed by atoms with Crippen LogP contribution in [0.1, 0.15) is 60.9 Å². The quantitative estimate of drug-likeness (QED) is 0.880. The molecule has 0 radical (unpaired) electrons. The molecule has 1 atom stereocenters. The summed E-state index contributed by atoms with van der Waals surface area (Å²) < 4.78 is 5.45. The molecule has 2 N–H and O–H groups in total. The maximum atomic E-state index is 6.32. The molecule has 1 unspecified atom stereocenters. The van der Waals surface area contributed by atoms with Crippen LogP contribution in [0.15, 0.2) is 6.07 Å². The number of ether oxygens (including phenoxy) is 1. The minimum atomic E-state index is -0.0610. The third kappa shape index (κ3) is 3.34.